The van der Waals surface area contributed by atoms with Gasteiger partial charge in [0, 0.05) is 5.56 Å². The van der Waals surface area contributed by atoms with E-state index in [9.17, 15) is 13.2 Å². The molecular formula is C27H31NO6S. The fourth-order valence-electron chi connectivity index (χ4n) is 4.00. The summed E-state index contributed by atoms with van der Waals surface area (Å²) in [5.74, 6) is -0.0964. The molecule has 0 aliphatic carbocycles. The summed E-state index contributed by atoms with van der Waals surface area (Å²) < 4.78 is 41.0. The molecule has 3 aromatic carbocycles. The fourth-order valence-corrected chi connectivity index (χ4v) is 5.67. The topological polar surface area (TPSA) is 102 Å². The minimum absolute atomic E-state index is 0.140. The molecular weight excluding hydrogens is 466 g/mol. The van der Waals surface area contributed by atoms with Gasteiger partial charge in [0.1, 0.15) is 24.7 Å². The Morgan fingerprint density at radius 2 is 1.26 bits per heavy atom. The summed E-state index contributed by atoms with van der Waals surface area (Å²) in [6.07, 6.45) is -0.140. The number of anilines is 1. The lowest BCUT2D eigenvalue weighted by atomic mass is 9.95. The van der Waals surface area contributed by atoms with Crippen molar-refractivity contribution in [2.75, 3.05) is 17.9 Å². The number of ether oxygens (including phenoxy) is 2. The molecule has 0 aromatic heterocycles. The van der Waals surface area contributed by atoms with Crippen LogP contribution in [0.4, 0.5) is 5.69 Å². The van der Waals surface area contributed by atoms with E-state index in [1.165, 1.54) is 0 Å². The van der Waals surface area contributed by atoms with Crippen LogP contribution in [0.1, 0.15) is 33.4 Å². The van der Waals surface area contributed by atoms with Crippen LogP contribution >= 0.6 is 0 Å². The maximum Gasteiger partial charge on any atom is 0.307 e. The molecule has 0 unspecified atom stereocenters. The van der Waals surface area contributed by atoms with Gasteiger partial charge in [-0.1, -0.05) is 30.3 Å². The van der Waals surface area contributed by atoms with Gasteiger partial charge in [0.2, 0.25) is 0 Å². The zero-order valence-corrected chi connectivity index (χ0v) is 21.5. The quantitative estimate of drug-likeness (QED) is 0.377. The van der Waals surface area contributed by atoms with Crippen molar-refractivity contribution < 1.29 is 27.8 Å². The van der Waals surface area contributed by atoms with E-state index in [2.05, 4.69) is 4.72 Å². The number of aliphatic carboxylic acids is 1. The third kappa shape index (κ3) is 5.95. The van der Waals surface area contributed by atoms with Gasteiger partial charge in [-0.3, -0.25) is 9.52 Å². The maximum atomic E-state index is 13.4. The second kappa shape index (κ2) is 10.8. The molecule has 3 aromatic rings. The SMILES string of the molecule is Cc1c(C)c(C)c(S(=O)(=O)Nc2ccccc2OCCOc2ccccc2CC(=O)O)c(C)c1C. The third-order valence-electron chi connectivity index (χ3n) is 6.24. The average molecular weight is 498 g/mol. The number of carboxylic acid groups (broad SMARTS) is 1. The van der Waals surface area contributed by atoms with Crippen molar-refractivity contribution >= 4 is 21.7 Å². The molecule has 186 valence electrons. The lowest BCUT2D eigenvalue weighted by Crippen LogP contribution is -2.18. The molecule has 0 aliphatic heterocycles. The van der Waals surface area contributed by atoms with E-state index in [1.54, 1.807) is 48.5 Å². The van der Waals surface area contributed by atoms with E-state index < -0.39 is 16.0 Å². The van der Waals surface area contributed by atoms with Gasteiger partial charge in [-0.2, -0.15) is 0 Å². The normalized spacial score (nSPS) is 11.2. The predicted octanol–water partition coefficient (Wildman–Crippen LogP) is 5.11. The minimum atomic E-state index is -3.87. The van der Waals surface area contributed by atoms with Gasteiger partial charge in [-0.25, -0.2) is 8.42 Å². The highest BCUT2D eigenvalue weighted by Gasteiger charge is 2.24. The van der Waals surface area contributed by atoms with Gasteiger partial charge in [-0.15, -0.1) is 0 Å². The van der Waals surface area contributed by atoms with Crippen molar-refractivity contribution in [3.8, 4) is 11.5 Å². The number of carbonyl (C=O) groups is 1. The molecule has 0 amide bonds. The Balaban J connectivity index is 1.75. The van der Waals surface area contributed by atoms with E-state index >= 15 is 0 Å². The van der Waals surface area contributed by atoms with Crippen LogP contribution in [0, 0.1) is 34.6 Å². The Kier molecular flexibility index (Phi) is 8.07. The number of benzene rings is 3. The largest absolute Gasteiger partial charge is 0.490 e. The number of para-hydroxylation sites is 3. The third-order valence-corrected chi connectivity index (χ3v) is 7.88. The van der Waals surface area contributed by atoms with E-state index in [4.69, 9.17) is 14.6 Å². The summed E-state index contributed by atoms with van der Waals surface area (Å²) in [5, 5.41) is 9.06. The van der Waals surface area contributed by atoms with E-state index in [0.717, 1.165) is 27.8 Å². The van der Waals surface area contributed by atoms with Crippen LogP contribution in [-0.2, 0) is 21.2 Å². The maximum absolute atomic E-state index is 13.4. The number of hydrogen-bond donors (Lipinski definition) is 2. The number of carboxylic acids is 1. The van der Waals surface area contributed by atoms with E-state index in [-0.39, 0.29) is 24.5 Å². The molecule has 0 saturated carbocycles. The summed E-state index contributed by atoms with van der Waals surface area (Å²) >= 11 is 0. The molecule has 35 heavy (non-hydrogen) atoms. The zero-order chi connectivity index (χ0) is 25.8. The molecule has 0 fully saturated rings. The molecule has 7 nitrogen and oxygen atoms in total. The first-order valence-electron chi connectivity index (χ1n) is 11.3. The summed E-state index contributed by atoms with van der Waals surface area (Å²) in [6.45, 7) is 9.81. The molecule has 0 aliphatic rings. The molecule has 8 heteroatoms. The van der Waals surface area contributed by atoms with Crippen molar-refractivity contribution in [3.05, 3.63) is 81.9 Å². The van der Waals surface area contributed by atoms with Gasteiger partial charge in [0.15, 0.2) is 0 Å². The average Bonchev–Trinajstić information content (AvgIpc) is 2.80. The Morgan fingerprint density at radius 3 is 1.86 bits per heavy atom. The fraction of sp³-hybridized carbons (Fsp3) is 0.296. The van der Waals surface area contributed by atoms with Gasteiger partial charge < -0.3 is 14.6 Å². The monoisotopic (exact) mass is 497 g/mol. The zero-order valence-electron chi connectivity index (χ0n) is 20.6. The second-order valence-electron chi connectivity index (χ2n) is 8.43. The molecule has 0 spiro atoms. The van der Waals surface area contributed by atoms with Crippen LogP contribution in [0.25, 0.3) is 0 Å². The Hall–Kier alpha value is -3.52. The summed E-state index contributed by atoms with van der Waals surface area (Å²) in [6, 6.07) is 13.7. The van der Waals surface area contributed by atoms with Crippen LogP contribution in [0.2, 0.25) is 0 Å². The van der Waals surface area contributed by atoms with E-state index in [1.807, 2.05) is 34.6 Å². The standard InChI is InChI=1S/C27H31NO6S/c1-17-18(2)20(4)27(21(5)19(17)3)35(31,32)28-23-11-7-9-13-25(23)34-15-14-33-24-12-8-6-10-22(24)16-26(29)30/h6-13,28H,14-16H2,1-5H3,(H,29,30). The second-order valence-corrected chi connectivity index (χ2v) is 10.1. The molecule has 0 heterocycles. The highest BCUT2D eigenvalue weighted by Crippen LogP contribution is 2.33. The summed E-state index contributed by atoms with van der Waals surface area (Å²) in [4.78, 5) is 11.3. The van der Waals surface area contributed by atoms with Crippen LogP contribution in [-0.4, -0.2) is 32.7 Å². The molecule has 0 radical (unpaired) electrons. The van der Waals surface area contributed by atoms with Crippen molar-refractivity contribution in [1.82, 2.24) is 0 Å². The van der Waals surface area contributed by atoms with Crippen LogP contribution in [0.5, 0.6) is 11.5 Å². The Bertz CT molecular complexity index is 1320. The van der Waals surface area contributed by atoms with Crippen LogP contribution in [0.15, 0.2) is 53.4 Å². The number of nitrogens with one attached hydrogen (secondary N) is 1. The highest BCUT2D eigenvalue weighted by molar-refractivity contribution is 7.92. The molecule has 2 N–H and O–H groups in total. The number of rotatable bonds is 10. The van der Waals surface area contributed by atoms with Crippen molar-refractivity contribution in [1.29, 1.82) is 0 Å². The van der Waals surface area contributed by atoms with Crippen molar-refractivity contribution in [2.24, 2.45) is 0 Å². The molecule has 0 saturated heterocycles. The van der Waals surface area contributed by atoms with Gasteiger partial charge in [0.05, 0.1) is 17.0 Å². The summed E-state index contributed by atoms with van der Waals surface area (Å²) in [5.41, 5.74) is 5.36. The minimum Gasteiger partial charge on any atom is -0.490 e. The van der Waals surface area contributed by atoms with Gasteiger partial charge in [-0.05, 0) is 80.6 Å². The Labute approximate surface area is 206 Å². The molecule has 0 atom stereocenters. The van der Waals surface area contributed by atoms with Gasteiger partial charge >= 0.3 is 5.97 Å². The molecule has 3 rings (SSSR count). The first kappa shape index (κ1) is 26.1. The number of hydrogen-bond acceptors (Lipinski definition) is 5. The first-order valence-corrected chi connectivity index (χ1v) is 12.7. The highest BCUT2D eigenvalue weighted by atomic mass is 32.2. The predicted molar refractivity (Wildman–Crippen MR) is 136 cm³/mol. The van der Waals surface area contributed by atoms with E-state index in [0.29, 0.717) is 22.7 Å². The summed E-state index contributed by atoms with van der Waals surface area (Å²) in [7, 11) is -3.87. The lowest BCUT2D eigenvalue weighted by Gasteiger charge is -2.20. The molecule has 0 bridgehead atoms. The van der Waals surface area contributed by atoms with Crippen LogP contribution in [0.3, 0.4) is 0 Å². The number of sulfonamides is 1. The van der Waals surface area contributed by atoms with Gasteiger partial charge in [0.25, 0.3) is 10.0 Å². The first-order chi connectivity index (χ1) is 16.5. The smallest absolute Gasteiger partial charge is 0.307 e. The lowest BCUT2D eigenvalue weighted by molar-refractivity contribution is -0.136. The van der Waals surface area contributed by atoms with Crippen LogP contribution < -0.4 is 14.2 Å². The Morgan fingerprint density at radius 1 is 0.771 bits per heavy atom. The van der Waals surface area contributed by atoms with Crippen molar-refractivity contribution in [2.45, 2.75) is 45.9 Å². The van der Waals surface area contributed by atoms with Crippen molar-refractivity contribution in [3.63, 3.8) is 0 Å².